The Labute approximate surface area is 180 Å². The number of hydrogen-bond donors (Lipinski definition) is 3. The first-order valence-electron chi connectivity index (χ1n) is 11.2. The molecule has 0 saturated heterocycles. The van der Waals surface area contributed by atoms with Gasteiger partial charge in [-0.3, -0.25) is 4.79 Å². The van der Waals surface area contributed by atoms with Crippen LogP contribution < -0.4 is 16.0 Å². The monoisotopic (exact) mass is 416 g/mol. The first-order valence-corrected chi connectivity index (χ1v) is 11.2. The number of alkyl carbamates (subject to hydrolysis) is 1. The lowest BCUT2D eigenvalue weighted by atomic mass is 9.48. The van der Waals surface area contributed by atoms with E-state index in [1.54, 1.807) is 20.8 Å². The van der Waals surface area contributed by atoms with E-state index in [4.69, 9.17) is 4.74 Å². The fourth-order valence-electron chi connectivity index (χ4n) is 6.01. The van der Waals surface area contributed by atoms with Crippen molar-refractivity contribution in [2.45, 2.75) is 77.9 Å². The zero-order valence-electron chi connectivity index (χ0n) is 18.7. The Bertz CT molecular complexity index is 696. The molecule has 166 valence electrons. The van der Waals surface area contributed by atoms with Crippen LogP contribution in [0.5, 0.6) is 0 Å². The molecule has 3 N–H and O–H groups in total. The number of hydrogen-bond acceptors (Lipinski definition) is 5. The first kappa shape index (κ1) is 22.5. The Hall–Kier alpha value is -2.23. The summed E-state index contributed by atoms with van der Waals surface area (Å²) in [5.74, 6) is 2.13. The minimum Gasteiger partial charge on any atom is -0.444 e. The number of ether oxygens (including phenoxy) is 1. The molecule has 2 amide bonds. The fraction of sp³-hybridized carbons (Fsp3) is 0.783. The lowest BCUT2D eigenvalue weighted by Gasteiger charge is -2.59. The average Bonchev–Trinajstić information content (AvgIpc) is 2.62. The van der Waals surface area contributed by atoms with Crippen molar-refractivity contribution in [3.63, 3.8) is 0 Å². The molecule has 0 aromatic heterocycles. The Morgan fingerprint density at radius 1 is 1.13 bits per heavy atom. The lowest BCUT2D eigenvalue weighted by Crippen LogP contribution is -2.56. The second-order valence-corrected chi connectivity index (χ2v) is 10.5. The smallest absolute Gasteiger partial charge is 0.407 e. The summed E-state index contributed by atoms with van der Waals surface area (Å²) in [4.78, 5) is 24.3. The molecular formula is C23H36N4O3. The number of carbonyl (C=O) groups excluding carboxylic acids is 2. The van der Waals surface area contributed by atoms with Crippen LogP contribution in [0.2, 0.25) is 0 Å². The van der Waals surface area contributed by atoms with Crippen molar-refractivity contribution in [1.29, 1.82) is 5.26 Å². The van der Waals surface area contributed by atoms with Crippen LogP contribution in [0.15, 0.2) is 11.8 Å². The predicted molar refractivity (Wildman–Crippen MR) is 114 cm³/mol. The van der Waals surface area contributed by atoms with E-state index in [2.05, 4.69) is 22.9 Å². The zero-order chi connectivity index (χ0) is 21.9. The van der Waals surface area contributed by atoms with Gasteiger partial charge in [-0.2, -0.15) is 5.26 Å². The molecule has 0 aliphatic heterocycles. The highest BCUT2D eigenvalue weighted by Crippen LogP contribution is 2.61. The van der Waals surface area contributed by atoms with E-state index in [1.165, 1.54) is 44.7 Å². The fourth-order valence-corrected chi connectivity index (χ4v) is 6.01. The van der Waals surface area contributed by atoms with Crippen LogP contribution in [0.1, 0.15) is 66.2 Å². The summed E-state index contributed by atoms with van der Waals surface area (Å²) < 4.78 is 5.16. The largest absolute Gasteiger partial charge is 0.444 e. The van der Waals surface area contributed by atoms with Gasteiger partial charge >= 0.3 is 6.09 Å². The van der Waals surface area contributed by atoms with Crippen molar-refractivity contribution in [1.82, 2.24) is 16.0 Å². The summed E-state index contributed by atoms with van der Waals surface area (Å²) in [5, 5.41) is 18.1. The van der Waals surface area contributed by atoms with Crippen LogP contribution in [0, 0.1) is 34.5 Å². The second kappa shape index (κ2) is 8.87. The van der Waals surface area contributed by atoms with Gasteiger partial charge < -0.3 is 20.7 Å². The van der Waals surface area contributed by atoms with Gasteiger partial charge in [0.05, 0.1) is 0 Å². The van der Waals surface area contributed by atoms with E-state index >= 15 is 0 Å². The van der Waals surface area contributed by atoms with Crippen molar-refractivity contribution < 1.29 is 14.3 Å². The van der Waals surface area contributed by atoms with Crippen molar-refractivity contribution in [3.05, 3.63) is 11.8 Å². The van der Waals surface area contributed by atoms with Gasteiger partial charge in [0.2, 0.25) is 0 Å². The van der Waals surface area contributed by atoms with Gasteiger partial charge in [-0.05, 0) is 89.4 Å². The molecule has 4 aliphatic rings. The van der Waals surface area contributed by atoms with Crippen LogP contribution in [0.25, 0.3) is 0 Å². The quantitative estimate of drug-likeness (QED) is 0.336. The Balaban J connectivity index is 1.45. The van der Waals surface area contributed by atoms with Crippen LogP contribution in [0.3, 0.4) is 0 Å². The molecule has 1 atom stereocenters. The van der Waals surface area contributed by atoms with E-state index in [-0.39, 0.29) is 22.9 Å². The third kappa shape index (κ3) is 5.47. The lowest BCUT2D eigenvalue weighted by molar-refractivity contribution is -0.122. The highest BCUT2D eigenvalue weighted by Gasteiger charge is 2.53. The number of rotatable bonds is 7. The molecule has 4 rings (SSSR count). The predicted octanol–water partition coefficient (Wildman–Crippen LogP) is 3.23. The Morgan fingerprint density at radius 3 is 2.20 bits per heavy atom. The van der Waals surface area contributed by atoms with Crippen LogP contribution >= 0.6 is 0 Å². The van der Waals surface area contributed by atoms with Crippen LogP contribution in [-0.4, -0.2) is 36.7 Å². The van der Waals surface area contributed by atoms with Gasteiger partial charge in [0, 0.05) is 25.3 Å². The third-order valence-electron chi connectivity index (χ3n) is 6.90. The van der Waals surface area contributed by atoms with Crippen molar-refractivity contribution in [3.8, 4) is 6.07 Å². The number of nitrogens with one attached hydrogen (secondary N) is 3. The highest BCUT2D eigenvalue weighted by atomic mass is 16.6. The Morgan fingerprint density at radius 2 is 1.70 bits per heavy atom. The summed E-state index contributed by atoms with van der Waals surface area (Å²) in [5.41, 5.74) is -0.282. The molecule has 0 heterocycles. The van der Waals surface area contributed by atoms with Gasteiger partial charge in [0.25, 0.3) is 5.91 Å². The molecule has 0 spiro atoms. The number of nitriles is 1. The van der Waals surface area contributed by atoms with E-state index in [1.807, 2.05) is 6.07 Å². The highest BCUT2D eigenvalue weighted by molar-refractivity contribution is 5.97. The molecule has 0 aromatic rings. The van der Waals surface area contributed by atoms with Crippen molar-refractivity contribution >= 4 is 12.0 Å². The molecule has 0 radical (unpaired) electrons. The van der Waals surface area contributed by atoms with E-state index in [9.17, 15) is 14.9 Å². The standard InChI is InChI=1S/C23H36N4O3/c1-15(23-10-16-7-17(11-23)9-18(8-16)12-23)27-20(28)19(13-24)14-25-5-6-26-21(29)30-22(2,3)4/h14-18,25H,5-12H2,1-4H3,(H,26,29)(H,27,28)/b19-14-. The molecule has 1 unspecified atom stereocenters. The van der Waals surface area contributed by atoms with Gasteiger partial charge in [0.1, 0.15) is 17.2 Å². The molecule has 7 nitrogen and oxygen atoms in total. The van der Waals surface area contributed by atoms with Gasteiger partial charge in [-0.15, -0.1) is 0 Å². The van der Waals surface area contributed by atoms with Gasteiger partial charge in [0.15, 0.2) is 0 Å². The normalized spacial score (nSPS) is 30.9. The van der Waals surface area contributed by atoms with Gasteiger partial charge in [-0.25, -0.2) is 4.79 Å². The number of nitrogens with zero attached hydrogens (tertiary/aromatic N) is 1. The van der Waals surface area contributed by atoms with Gasteiger partial charge in [-0.1, -0.05) is 0 Å². The molecule has 4 bridgehead atoms. The van der Waals surface area contributed by atoms with Crippen LogP contribution in [0.4, 0.5) is 4.79 Å². The van der Waals surface area contributed by atoms with E-state index < -0.39 is 11.7 Å². The summed E-state index contributed by atoms with van der Waals surface area (Å²) >= 11 is 0. The average molecular weight is 417 g/mol. The van der Waals surface area contributed by atoms with E-state index in [0.717, 1.165) is 17.8 Å². The molecule has 4 fully saturated rings. The maximum Gasteiger partial charge on any atom is 0.407 e. The SMILES string of the molecule is CC(NC(=O)/C(C#N)=C\NCCNC(=O)OC(C)(C)C)C12CC3CC(CC(C3)C1)C2. The first-order chi connectivity index (χ1) is 14.1. The summed E-state index contributed by atoms with van der Waals surface area (Å²) in [6.45, 7) is 8.23. The second-order valence-electron chi connectivity index (χ2n) is 10.5. The molecule has 4 aliphatic carbocycles. The molecular weight excluding hydrogens is 380 g/mol. The minimum atomic E-state index is -0.545. The van der Waals surface area contributed by atoms with Crippen molar-refractivity contribution in [2.75, 3.05) is 13.1 Å². The minimum absolute atomic E-state index is 0.0591. The topological polar surface area (TPSA) is 103 Å². The molecule has 4 saturated carbocycles. The summed E-state index contributed by atoms with van der Waals surface area (Å²) in [6, 6.07) is 2.06. The molecule has 7 heteroatoms. The van der Waals surface area contributed by atoms with Crippen molar-refractivity contribution in [2.24, 2.45) is 23.2 Å². The number of carbonyl (C=O) groups is 2. The van der Waals surface area contributed by atoms with E-state index in [0.29, 0.717) is 13.1 Å². The molecule has 0 aromatic carbocycles. The zero-order valence-corrected chi connectivity index (χ0v) is 18.7. The summed E-state index contributed by atoms with van der Waals surface area (Å²) in [7, 11) is 0. The Kier molecular flexibility index (Phi) is 6.64. The maximum atomic E-state index is 12.7. The van der Waals surface area contributed by atoms with Crippen LogP contribution in [-0.2, 0) is 9.53 Å². The summed E-state index contributed by atoms with van der Waals surface area (Å²) in [6.07, 6.45) is 8.66. The third-order valence-corrected chi connectivity index (χ3v) is 6.90. The maximum absolute atomic E-state index is 12.7. The number of amides is 2. The molecule has 30 heavy (non-hydrogen) atoms.